The van der Waals surface area contributed by atoms with Gasteiger partial charge in [-0.1, -0.05) is 6.07 Å². The number of hydrogen-bond acceptors (Lipinski definition) is 4. The highest BCUT2D eigenvalue weighted by molar-refractivity contribution is 14.0. The molecule has 0 fully saturated rings. The summed E-state index contributed by atoms with van der Waals surface area (Å²) in [6.45, 7) is 4.98. The maximum Gasteiger partial charge on any atom is 0.212 e. The second-order valence-corrected chi connectivity index (χ2v) is 6.89. The van der Waals surface area contributed by atoms with Crippen LogP contribution in [-0.2, 0) is 19.4 Å². The van der Waals surface area contributed by atoms with Gasteiger partial charge in [-0.05, 0) is 37.8 Å². The van der Waals surface area contributed by atoms with Crippen molar-refractivity contribution in [3.63, 3.8) is 0 Å². The first-order valence-corrected chi connectivity index (χ1v) is 9.12. The molecule has 2 aromatic heterocycles. The Balaban J connectivity index is 0.00000261. The second-order valence-electron chi connectivity index (χ2n) is 6.89. The van der Waals surface area contributed by atoms with Gasteiger partial charge in [-0.2, -0.15) is 5.10 Å². The Morgan fingerprint density at radius 2 is 2.22 bits per heavy atom. The van der Waals surface area contributed by atoms with Crippen molar-refractivity contribution in [2.24, 2.45) is 4.99 Å². The number of ether oxygens (including phenoxy) is 1. The SMILES string of the molecule is CN=C(NCc1ccc(OC)nc1)NC1CCc2cn(C(C)C)nc2C1.I. The van der Waals surface area contributed by atoms with Gasteiger partial charge in [0.15, 0.2) is 5.96 Å². The third-order valence-corrected chi connectivity index (χ3v) is 4.66. The van der Waals surface area contributed by atoms with E-state index in [-0.39, 0.29) is 24.0 Å². The molecule has 2 N–H and O–H groups in total. The zero-order chi connectivity index (χ0) is 18.5. The highest BCUT2D eigenvalue weighted by Gasteiger charge is 2.22. The molecule has 3 rings (SSSR count). The predicted octanol–water partition coefficient (Wildman–Crippen LogP) is 2.71. The summed E-state index contributed by atoms with van der Waals surface area (Å²) in [5, 5.41) is 11.6. The number of aliphatic imine (C=N–C) groups is 1. The molecule has 0 saturated heterocycles. The molecular weight excluding hydrogens is 455 g/mol. The minimum absolute atomic E-state index is 0. The molecule has 1 unspecified atom stereocenters. The lowest BCUT2D eigenvalue weighted by Crippen LogP contribution is -2.45. The molecule has 0 aliphatic heterocycles. The smallest absolute Gasteiger partial charge is 0.212 e. The first kappa shape index (κ1) is 21.5. The normalized spacial score (nSPS) is 16.5. The fourth-order valence-electron chi connectivity index (χ4n) is 3.11. The molecule has 27 heavy (non-hydrogen) atoms. The van der Waals surface area contributed by atoms with Crippen LogP contribution in [-0.4, -0.2) is 40.9 Å². The molecule has 1 aliphatic rings. The van der Waals surface area contributed by atoms with Crippen molar-refractivity contribution in [1.82, 2.24) is 25.4 Å². The van der Waals surface area contributed by atoms with Crippen LogP contribution < -0.4 is 15.4 Å². The molecular formula is C19H29IN6O. The van der Waals surface area contributed by atoms with Gasteiger partial charge >= 0.3 is 0 Å². The van der Waals surface area contributed by atoms with E-state index in [0.29, 0.717) is 24.5 Å². The number of rotatable bonds is 5. The van der Waals surface area contributed by atoms with Crippen LogP contribution in [0.1, 0.15) is 43.1 Å². The summed E-state index contributed by atoms with van der Waals surface area (Å²) in [6.07, 6.45) is 7.07. The fourth-order valence-corrected chi connectivity index (χ4v) is 3.11. The van der Waals surface area contributed by atoms with E-state index in [2.05, 4.69) is 45.3 Å². The lowest BCUT2D eigenvalue weighted by atomic mass is 9.94. The van der Waals surface area contributed by atoms with E-state index in [4.69, 9.17) is 9.84 Å². The monoisotopic (exact) mass is 484 g/mol. The van der Waals surface area contributed by atoms with E-state index in [1.54, 1.807) is 14.2 Å². The fraction of sp³-hybridized carbons (Fsp3) is 0.526. The Morgan fingerprint density at radius 3 is 2.85 bits per heavy atom. The second kappa shape index (κ2) is 9.91. The van der Waals surface area contributed by atoms with Crippen molar-refractivity contribution in [2.45, 2.75) is 51.7 Å². The molecule has 0 radical (unpaired) electrons. The van der Waals surface area contributed by atoms with Gasteiger partial charge in [-0.25, -0.2) is 4.98 Å². The van der Waals surface area contributed by atoms with E-state index in [0.717, 1.165) is 30.8 Å². The number of halogens is 1. The summed E-state index contributed by atoms with van der Waals surface area (Å²) in [6, 6.07) is 4.61. The van der Waals surface area contributed by atoms with Gasteiger partial charge in [-0.3, -0.25) is 9.67 Å². The van der Waals surface area contributed by atoms with Crippen LogP contribution in [0.25, 0.3) is 0 Å². The van der Waals surface area contributed by atoms with Crippen LogP contribution in [0.3, 0.4) is 0 Å². The van der Waals surface area contributed by atoms with Gasteiger partial charge < -0.3 is 15.4 Å². The van der Waals surface area contributed by atoms with Crippen molar-refractivity contribution in [3.8, 4) is 5.88 Å². The van der Waals surface area contributed by atoms with Gasteiger partial charge in [0, 0.05) is 50.6 Å². The van der Waals surface area contributed by atoms with Crippen LogP contribution >= 0.6 is 24.0 Å². The molecule has 0 saturated carbocycles. The van der Waals surface area contributed by atoms with Crippen LogP contribution in [0, 0.1) is 0 Å². The molecule has 1 atom stereocenters. The Bertz CT molecular complexity index is 756. The molecule has 0 bridgehead atoms. The van der Waals surface area contributed by atoms with Gasteiger partial charge in [-0.15, -0.1) is 24.0 Å². The number of guanidine groups is 1. The van der Waals surface area contributed by atoms with Gasteiger partial charge in [0.05, 0.1) is 12.8 Å². The average Bonchev–Trinajstić information content (AvgIpc) is 3.09. The number of nitrogens with one attached hydrogen (secondary N) is 2. The molecule has 0 aromatic carbocycles. The summed E-state index contributed by atoms with van der Waals surface area (Å²) in [7, 11) is 3.41. The minimum atomic E-state index is 0. The lowest BCUT2D eigenvalue weighted by molar-refractivity contribution is 0.397. The molecule has 2 heterocycles. The van der Waals surface area contributed by atoms with Gasteiger partial charge in [0.25, 0.3) is 0 Å². The van der Waals surface area contributed by atoms with Crippen LogP contribution in [0.2, 0.25) is 0 Å². The third kappa shape index (κ3) is 5.57. The van der Waals surface area contributed by atoms with E-state index in [1.165, 1.54) is 11.3 Å². The summed E-state index contributed by atoms with van der Waals surface area (Å²) < 4.78 is 7.15. The third-order valence-electron chi connectivity index (χ3n) is 4.66. The number of hydrogen-bond donors (Lipinski definition) is 2. The number of fused-ring (bicyclic) bond motifs is 1. The molecule has 148 valence electrons. The predicted molar refractivity (Wildman–Crippen MR) is 118 cm³/mol. The molecule has 0 spiro atoms. The maximum atomic E-state index is 5.09. The molecule has 2 aromatic rings. The Kier molecular flexibility index (Phi) is 7.88. The average molecular weight is 484 g/mol. The standard InChI is InChI=1S/C19H28N6O.HI/c1-13(2)25-12-15-6-7-16(9-17(15)24-25)23-19(20-3)22-11-14-5-8-18(26-4)21-10-14;/h5,8,10,12-13,16H,6-7,9,11H2,1-4H3,(H2,20,22,23);1H. The topological polar surface area (TPSA) is 76.4 Å². The maximum absolute atomic E-state index is 5.09. The number of aromatic nitrogens is 3. The van der Waals surface area contributed by atoms with Gasteiger partial charge in [0.2, 0.25) is 5.88 Å². The Labute approximate surface area is 178 Å². The first-order valence-electron chi connectivity index (χ1n) is 9.12. The number of methoxy groups -OCH3 is 1. The number of pyridine rings is 1. The van der Waals surface area contributed by atoms with E-state index < -0.39 is 0 Å². The lowest BCUT2D eigenvalue weighted by Gasteiger charge is -2.24. The molecule has 8 heteroatoms. The first-order chi connectivity index (χ1) is 12.6. The summed E-state index contributed by atoms with van der Waals surface area (Å²) in [5.74, 6) is 1.42. The van der Waals surface area contributed by atoms with Crippen molar-refractivity contribution in [3.05, 3.63) is 41.3 Å². The summed E-state index contributed by atoms with van der Waals surface area (Å²) in [5.41, 5.74) is 3.66. The zero-order valence-corrected chi connectivity index (χ0v) is 18.7. The highest BCUT2D eigenvalue weighted by atomic mass is 127. The number of aryl methyl sites for hydroxylation is 1. The van der Waals surface area contributed by atoms with Crippen molar-refractivity contribution in [1.29, 1.82) is 0 Å². The quantitative estimate of drug-likeness (QED) is 0.388. The minimum Gasteiger partial charge on any atom is -0.481 e. The Hall–Kier alpha value is -1.84. The summed E-state index contributed by atoms with van der Waals surface area (Å²) in [4.78, 5) is 8.57. The van der Waals surface area contributed by atoms with Crippen molar-refractivity contribution >= 4 is 29.9 Å². The van der Waals surface area contributed by atoms with Crippen molar-refractivity contribution in [2.75, 3.05) is 14.2 Å². The van der Waals surface area contributed by atoms with Crippen LogP contribution in [0.15, 0.2) is 29.5 Å². The van der Waals surface area contributed by atoms with Gasteiger partial charge in [0.1, 0.15) is 0 Å². The van der Waals surface area contributed by atoms with Crippen LogP contribution in [0.5, 0.6) is 5.88 Å². The largest absolute Gasteiger partial charge is 0.481 e. The van der Waals surface area contributed by atoms with E-state index in [9.17, 15) is 0 Å². The van der Waals surface area contributed by atoms with Crippen LogP contribution in [0.4, 0.5) is 0 Å². The van der Waals surface area contributed by atoms with E-state index in [1.807, 2.05) is 18.3 Å². The van der Waals surface area contributed by atoms with Crippen molar-refractivity contribution < 1.29 is 4.74 Å². The number of nitrogens with zero attached hydrogens (tertiary/aromatic N) is 4. The molecule has 7 nitrogen and oxygen atoms in total. The molecule has 0 amide bonds. The van der Waals surface area contributed by atoms with E-state index >= 15 is 0 Å². The highest BCUT2D eigenvalue weighted by Crippen LogP contribution is 2.21. The molecule has 1 aliphatic carbocycles. The zero-order valence-electron chi connectivity index (χ0n) is 16.4. The summed E-state index contributed by atoms with van der Waals surface area (Å²) >= 11 is 0. The Morgan fingerprint density at radius 1 is 1.41 bits per heavy atom.